The molecule has 0 aromatic carbocycles. The number of Topliss-reactive ketones (excluding diaryl/α,β-unsaturated/α-hetero) is 1. The van der Waals surface area contributed by atoms with E-state index in [1.54, 1.807) is 24.6 Å². The number of aromatic nitrogens is 2. The number of pyridine rings is 2. The van der Waals surface area contributed by atoms with Crippen LogP contribution < -0.4 is 0 Å². The average Bonchev–Trinajstić information content (AvgIpc) is 2.51. The predicted molar refractivity (Wildman–Crippen MR) is 73.6 cm³/mol. The topological polar surface area (TPSA) is 55.3 Å². The molecule has 2 aromatic rings. The van der Waals surface area contributed by atoms with Gasteiger partial charge in [0.15, 0.2) is 0 Å². The first kappa shape index (κ1) is 11.3. The molecule has 4 rings (SSSR count). The lowest BCUT2D eigenvalue weighted by molar-refractivity contribution is -0.0678. The average molecular weight is 265 g/mol. The molecule has 0 radical (unpaired) electrons. The van der Waals surface area contributed by atoms with Crippen LogP contribution in [0.25, 0.3) is 16.5 Å². The normalized spacial score (nSPS) is 16.9. The van der Waals surface area contributed by atoms with E-state index in [4.69, 9.17) is 4.84 Å². The van der Waals surface area contributed by atoms with Gasteiger partial charge >= 0.3 is 0 Å². The molecule has 0 saturated carbocycles. The van der Waals surface area contributed by atoms with Crippen LogP contribution >= 0.6 is 0 Å². The summed E-state index contributed by atoms with van der Waals surface area (Å²) in [7, 11) is 1.59. The zero-order chi connectivity index (χ0) is 13.7. The van der Waals surface area contributed by atoms with Crippen molar-refractivity contribution >= 4 is 22.3 Å². The molecule has 0 fully saturated rings. The largest absolute Gasteiger partial charge is 0.287 e. The van der Waals surface area contributed by atoms with Crippen molar-refractivity contribution in [3.8, 4) is 0 Å². The lowest BCUT2D eigenvalue weighted by Gasteiger charge is -2.30. The minimum absolute atomic E-state index is 0.0795. The number of hydroxylamine groups is 2. The van der Waals surface area contributed by atoms with E-state index >= 15 is 0 Å². The monoisotopic (exact) mass is 265 g/mol. The van der Waals surface area contributed by atoms with Crippen LogP contribution in [0.15, 0.2) is 42.3 Å². The smallest absolute Gasteiger partial charge is 0.214 e. The van der Waals surface area contributed by atoms with Crippen LogP contribution in [0.5, 0.6) is 0 Å². The maximum atomic E-state index is 12.6. The fourth-order valence-corrected chi connectivity index (χ4v) is 2.77. The second-order valence-corrected chi connectivity index (χ2v) is 4.65. The molecule has 0 saturated heterocycles. The predicted octanol–water partition coefficient (Wildman–Crippen LogP) is 1.97. The van der Waals surface area contributed by atoms with E-state index in [1.165, 1.54) is 0 Å². The molecule has 98 valence electrons. The van der Waals surface area contributed by atoms with E-state index in [9.17, 15) is 4.79 Å². The number of rotatable bonds is 1. The Hall–Kier alpha value is -2.53. The molecule has 0 spiro atoms. The molecule has 1 aliphatic heterocycles. The lowest BCUT2D eigenvalue weighted by Crippen LogP contribution is -2.29. The summed E-state index contributed by atoms with van der Waals surface area (Å²) < 4.78 is 0. The fourth-order valence-electron chi connectivity index (χ4n) is 2.77. The van der Waals surface area contributed by atoms with E-state index in [2.05, 4.69) is 9.97 Å². The Bertz CT molecular complexity index is 803. The van der Waals surface area contributed by atoms with Gasteiger partial charge in [-0.2, -0.15) is 0 Å². The molecule has 2 aliphatic rings. The van der Waals surface area contributed by atoms with Gasteiger partial charge in [0.2, 0.25) is 5.78 Å². The molecule has 20 heavy (non-hydrogen) atoms. The Morgan fingerprint density at radius 3 is 2.70 bits per heavy atom. The molecule has 2 aromatic heterocycles. The van der Waals surface area contributed by atoms with Crippen molar-refractivity contribution in [3.05, 3.63) is 53.6 Å². The summed E-state index contributed by atoms with van der Waals surface area (Å²) >= 11 is 0. The van der Waals surface area contributed by atoms with Crippen LogP contribution in [-0.2, 0) is 4.84 Å². The van der Waals surface area contributed by atoms with Crippen molar-refractivity contribution < 1.29 is 9.63 Å². The minimum atomic E-state index is -0.0795. The molecule has 0 amide bonds. The number of hydrogen-bond donors (Lipinski definition) is 0. The van der Waals surface area contributed by atoms with Gasteiger partial charge in [-0.15, -0.1) is 0 Å². The van der Waals surface area contributed by atoms with E-state index in [1.807, 2.05) is 24.3 Å². The Morgan fingerprint density at radius 2 is 1.95 bits per heavy atom. The van der Waals surface area contributed by atoms with Gasteiger partial charge in [0.1, 0.15) is 11.4 Å². The van der Waals surface area contributed by atoms with Crippen molar-refractivity contribution in [2.75, 3.05) is 13.7 Å². The third-order valence-electron chi connectivity index (χ3n) is 3.64. The Morgan fingerprint density at radius 1 is 1.20 bits per heavy atom. The summed E-state index contributed by atoms with van der Waals surface area (Å²) in [6, 6.07) is 3.78. The first-order valence-corrected chi connectivity index (χ1v) is 6.32. The van der Waals surface area contributed by atoms with Gasteiger partial charge in [-0.1, -0.05) is 12.2 Å². The summed E-state index contributed by atoms with van der Waals surface area (Å²) in [5.41, 5.74) is 2.54. The highest BCUT2D eigenvalue weighted by Crippen LogP contribution is 2.37. The number of carbonyl (C=O) groups is 1. The first-order chi connectivity index (χ1) is 9.81. The van der Waals surface area contributed by atoms with Crippen LogP contribution in [0.4, 0.5) is 0 Å². The Kier molecular flexibility index (Phi) is 2.25. The van der Waals surface area contributed by atoms with Crippen molar-refractivity contribution in [1.29, 1.82) is 0 Å². The molecule has 0 bridgehead atoms. The second-order valence-electron chi connectivity index (χ2n) is 4.65. The number of nitrogens with zero attached hydrogens (tertiary/aromatic N) is 3. The van der Waals surface area contributed by atoms with Gasteiger partial charge in [-0.25, -0.2) is 5.06 Å². The van der Waals surface area contributed by atoms with Gasteiger partial charge < -0.3 is 0 Å². The van der Waals surface area contributed by atoms with Crippen LogP contribution in [0, 0.1) is 0 Å². The van der Waals surface area contributed by atoms with Crippen LogP contribution in [-0.4, -0.2) is 34.5 Å². The molecule has 5 nitrogen and oxygen atoms in total. The SMILES string of the molecule is CON1CC=CC2=C1c1nccc3ccnc(c13)C2=O. The first-order valence-electron chi connectivity index (χ1n) is 6.32. The van der Waals surface area contributed by atoms with E-state index in [0.717, 1.165) is 22.2 Å². The highest BCUT2D eigenvalue weighted by atomic mass is 16.7. The molecule has 0 atom stereocenters. The quantitative estimate of drug-likeness (QED) is 0.789. The number of fused-ring (bicyclic) bond motifs is 1. The summed E-state index contributed by atoms with van der Waals surface area (Å²) in [6.45, 7) is 0.594. The zero-order valence-electron chi connectivity index (χ0n) is 10.8. The number of ketones is 1. The number of allylic oxidation sites excluding steroid dienone is 2. The Balaban J connectivity index is 2.14. The van der Waals surface area contributed by atoms with Crippen molar-refractivity contribution in [2.24, 2.45) is 0 Å². The molecule has 3 heterocycles. The van der Waals surface area contributed by atoms with E-state index in [-0.39, 0.29) is 5.78 Å². The number of hydrogen-bond acceptors (Lipinski definition) is 5. The lowest BCUT2D eigenvalue weighted by atomic mass is 9.90. The van der Waals surface area contributed by atoms with Crippen LogP contribution in [0.3, 0.4) is 0 Å². The summed E-state index contributed by atoms with van der Waals surface area (Å²) in [4.78, 5) is 26.7. The molecule has 0 unspecified atom stereocenters. The standard InChI is InChI=1S/C15H11N3O2/c1-20-18-8-2-3-10-14(18)12-11-9(4-6-16-12)5-7-17-13(11)15(10)19/h2-7H,8H2,1H3. The summed E-state index contributed by atoms with van der Waals surface area (Å²) in [5.74, 6) is -0.0795. The van der Waals surface area contributed by atoms with Gasteiger partial charge in [-0.3, -0.25) is 19.6 Å². The summed E-state index contributed by atoms with van der Waals surface area (Å²) in [5, 5.41) is 3.45. The van der Waals surface area contributed by atoms with E-state index in [0.29, 0.717) is 17.8 Å². The molecular weight excluding hydrogens is 254 g/mol. The van der Waals surface area contributed by atoms with Crippen molar-refractivity contribution in [3.63, 3.8) is 0 Å². The molecular formula is C15H11N3O2. The fraction of sp³-hybridized carbons (Fsp3) is 0.133. The highest BCUT2D eigenvalue weighted by molar-refractivity contribution is 6.24. The maximum absolute atomic E-state index is 12.6. The third-order valence-corrected chi connectivity index (χ3v) is 3.64. The van der Waals surface area contributed by atoms with Gasteiger partial charge in [0.05, 0.1) is 24.9 Å². The van der Waals surface area contributed by atoms with Crippen molar-refractivity contribution in [1.82, 2.24) is 15.0 Å². The second kappa shape index (κ2) is 3.98. The minimum Gasteiger partial charge on any atom is -0.287 e. The Labute approximate surface area is 115 Å². The maximum Gasteiger partial charge on any atom is 0.214 e. The van der Waals surface area contributed by atoms with E-state index < -0.39 is 0 Å². The number of carbonyl (C=O) groups excluding carboxylic acids is 1. The van der Waals surface area contributed by atoms with Crippen LogP contribution in [0.2, 0.25) is 0 Å². The van der Waals surface area contributed by atoms with Gasteiger partial charge in [0.25, 0.3) is 0 Å². The molecule has 1 aliphatic carbocycles. The molecule has 5 heteroatoms. The van der Waals surface area contributed by atoms with Crippen molar-refractivity contribution in [2.45, 2.75) is 0 Å². The third kappa shape index (κ3) is 1.32. The summed E-state index contributed by atoms with van der Waals surface area (Å²) in [6.07, 6.45) is 7.12. The van der Waals surface area contributed by atoms with Gasteiger partial charge in [0, 0.05) is 17.8 Å². The van der Waals surface area contributed by atoms with Crippen LogP contribution in [0.1, 0.15) is 16.2 Å². The zero-order valence-corrected chi connectivity index (χ0v) is 10.8. The molecule has 0 N–H and O–H groups in total. The highest BCUT2D eigenvalue weighted by Gasteiger charge is 2.33. The van der Waals surface area contributed by atoms with Gasteiger partial charge in [-0.05, 0) is 17.5 Å².